The van der Waals surface area contributed by atoms with Crippen molar-refractivity contribution < 1.29 is 19.1 Å². The van der Waals surface area contributed by atoms with Crippen LogP contribution in [0.2, 0.25) is 0 Å². The van der Waals surface area contributed by atoms with E-state index in [-0.39, 0.29) is 10.2 Å². The molecule has 0 atom stereocenters. The lowest BCUT2D eigenvalue weighted by Crippen LogP contribution is -2.44. The Hall–Kier alpha value is -2.11. The van der Waals surface area contributed by atoms with Crippen LogP contribution in [0.15, 0.2) is 47.4 Å². The summed E-state index contributed by atoms with van der Waals surface area (Å²) in [5.74, 6) is 0.517. The summed E-state index contributed by atoms with van der Waals surface area (Å²) in [5.41, 5.74) is 3.80. The highest BCUT2D eigenvalue weighted by Gasteiger charge is 2.34. The Labute approximate surface area is 198 Å². The zero-order valence-corrected chi connectivity index (χ0v) is 20.1. The Morgan fingerprint density at radius 3 is 2.57 bits per heavy atom. The van der Waals surface area contributed by atoms with Gasteiger partial charge in [-0.1, -0.05) is 30.0 Å². The number of thioether (sulfide) groups is 1. The fraction of sp³-hybridized carbons (Fsp3) is 0.190. The Kier molecular flexibility index (Phi) is 7.73. The Bertz CT molecular complexity index is 1010. The van der Waals surface area contributed by atoms with Crippen molar-refractivity contribution in [3.05, 3.63) is 62.1 Å². The summed E-state index contributed by atoms with van der Waals surface area (Å²) in [4.78, 5) is 25.6. The zero-order valence-electron chi connectivity index (χ0n) is 16.3. The van der Waals surface area contributed by atoms with Crippen molar-refractivity contribution in [2.45, 2.75) is 13.8 Å². The number of hydrogen-bond acceptors (Lipinski definition) is 6. The number of ether oxygens (including phenoxy) is 2. The minimum absolute atomic E-state index is 0.265. The maximum atomic E-state index is 12.8. The molecule has 0 spiro atoms. The number of rotatable bonds is 7. The summed E-state index contributed by atoms with van der Waals surface area (Å²) < 4.78 is 12.5. The molecule has 2 aromatic carbocycles. The second-order valence-electron chi connectivity index (χ2n) is 6.02. The predicted octanol–water partition coefficient (Wildman–Crippen LogP) is 4.63. The van der Waals surface area contributed by atoms with Crippen molar-refractivity contribution >= 4 is 68.8 Å². The van der Waals surface area contributed by atoms with E-state index in [1.54, 1.807) is 30.3 Å². The van der Waals surface area contributed by atoms with Gasteiger partial charge in [-0.2, -0.15) is 5.01 Å². The zero-order chi connectivity index (χ0) is 21.7. The Morgan fingerprint density at radius 1 is 1.20 bits per heavy atom. The van der Waals surface area contributed by atoms with Gasteiger partial charge >= 0.3 is 0 Å². The third kappa shape index (κ3) is 5.13. The molecule has 2 amide bonds. The molecule has 0 radical (unpaired) electrons. The lowest BCUT2D eigenvalue weighted by Gasteiger charge is -2.15. The van der Waals surface area contributed by atoms with Crippen LogP contribution in [-0.4, -0.2) is 34.4 Å². The normalized spacial score (nSPS) is 14.9. The monoisotopic (exact) mass is 554 g/mol. The number of hydrazine groups is 1. The highest BCUT2D eigenvalue weighted by Crippen LogP contribution is 2.37. The fourth-order valence-electron chi connectivity index (χ4n) is 2.69. The van der Waals surface area contributed by atoms with E-state index in [2.05, 4.69) is 28.0 Å². The molecule has 6 nitrogen and oxygen atoms in total. The minimum atomic E-state index is -0.401. The third-order valence-electron chi connectivity index (χ3n) is 3.96. The summed E-state index contributed by atoms with van der Waals surface area (Å²) in [5, 5.41) is 1.10. The number of benzene rings is 2. The van der Waals surface area contributed by atoms with Crippen molar-refractivity contribution in [2.75, 3.05) is 13.2 Å². The highest BCUT2D eigenvalue weighted by atomic mass is 127. The molecule has 1 fully saturated rings. The van der Waals surface area contributed by atoms with Gasteiger partial charge in [0.2, 0.25) is 0 Å². The van der Waals surface area contributed by atoms with Crippen LogP contribution in [0.3, 0.4) is 0 Å². The van der Waals surface area contributed by atoms with Crippen molar-refractivity contribution in [2.24, 2.45) is 0 Å². The minimum Gasteiger partial charge on any atom is -0.490 e. The first-order valence-corrected chi connectivity index (χ1v) is 11.5. The van der Waals surface area contributed by atoms with Gasteiger partial charge in [-0.3, -0.25) is 15.0 Å². The quantitative estimate of drug-likeness (QED) is 0.306. The van der Waals surface area contributed by atoms with E-state index in [0.29, 0.717) is 35.2 Å². The molecule has 0 aliphatic carbocycles. The number of carbonyl (C=O) groups excluding carboxylic acids is 2. The maximum Gasteiger partial charge on any atom is 0.285 e. The van der Waals surface area contributed by atoms with Gasteiger partial charge in [0, 0.05) is 5.56 Å². The van der Waals surface area contributed by atoms with Crippen molar-refractivity contribution in [1.82, 2.24) is 10.4 Å². The molecular formula is C21H19IN2O4S2. The molecule has 9 heteroatoms. The van der Waals surface area contributed by atoms with Crippen molar-refractivity contribution in [3.63, 3.8) is 0 Å². The first-order chi connectivity index (χ1) is 14.4. The highest BCUT2D eigenvalue weighted by molar-refractivity contribution is 14.1. The summed E-state index contributed by atoms with van der Waals surface area (Å²) in [6.45, 7) is 4.83. The number of nitrogens with one attached hydrogen (secondary N) is 1. The molecule has 0 saturated carbocycles. The first kappa shape index (κ1) is 22.6. The molecule has 2 aromatic rings. The summed E-state index contributed by atoms with van der Waals surface area (Å²) in [6.07, 6.45) is 1.73. The topological polar surface area (TPSA) is 67.9 Å². The summed E-state index contributed by atoms with van der Waals surface area (Å²) in [6, 6.07) is 12.4. The van der Waals surface area contributed by atoms with Crippen LogP contribution in [0.5, 0.6) is 11.5 Å². The van der Waals surface area contributed by atoms with Gasteiger partial charge in [-0.05, 0) is 84.6 Å². The molecule has 156 valence electrons. The van der Waals surface area contributed by atoms with Crippen LogP contribution in [-0.2, 0) is 4.79 Å². The van der Waals surface area contributed by atoms with Crippen LogP contribution in [0.4, 0.5) is 0 Å². The number of hydrogen-bond donors (Lipinski definition) is 1. The molecule has 1 heterocycles. The first-order valence-electron chi connectivity index (χ1n) is 9.17. The standard InChI is InChI=1S/C21H19IN2O4S2/c1-3-27-16-11-13(10-15(22)18(16)28-4-2)12-17-20(26)24(21(29)30-17)23-19(25)14-8-6-5-7-9-14/h5-12H,3-4H2,1-2H3,(H,23,25)/b17-12+. The van der Waals surface area contributed by atoms with Crippen molar-refractivity contribution in [3.8, 4) is 11.5 Å². The average Bonchev–Trinajstić information content (AvgIpc) is 2.98. The molecule has 0 aromatic heterocycles. The summed E-state index contributed by atoms with van der Waals surface area (Å²) in [7, 11) is 0. The van der Waals surface area contributed by atoms with Gasteiger partial charge in [-0.15, -0.1) is 0 Å². The van der Waals surface area contributed by atoms with Crippen LogP contribution in [0, 0.1) is 3.57 Å². The second-order valence-corrected chi connectivity index (χ2v) is 8.86. The van der Waals surface area contributed by atoms with Gasteiger partial charge in [0.15, 0.2) is 15.8 Å². The van der Waals surface area contributed by atoms with Crippen molar-refractivity contribution in [1.29, 1.82) is 0 Å². The maximum absolute atomic E-state index is 12.8. The van der Waals surface area contributed by atoms with E-state index in [0.717, 1.165) is 25.9 Å². The van der Waals surface area contributed by atoms with Crippen LogP contribution < -0.4 is 14.9 Å². The average molecular weight is 554 g/mol. The number of amides is 2. The van der Waals surface area contributed by atoms with Gasteiger partial charge in [0.05, 0.1) is 21.7 Å². The molecule has 1 aliphatic rings. The van der Waals surface area contributed by atoms with E-state index in [9.17, 15) is 9.59 Å². The van der Waals surface area contributed by atoms with E-state index in [1.807, 2.05) is 32.0 Å². The van der Waals surface area contributed by atoms with Gasteiger partial charge in [0.25, 0.3) is 11.8 Å². The second kappa shape index (κ2) is 10.3. The van der Waals surface area contributed by atoms with Crippen LogP contribution in [0.25, 0.3) is 6.08 Å². The molecule has 0 unspecified atom stereocenters. The van der Waals surface area contributed by atoms with Gasteiger partial charge < -0.3 is 9.47 Å². The SMILES string of the molecule is CCOc1cc(/C=C2/SC(=S)N(NC(=O)c3ccccc3)C2=O)cc(I)c1OCC. The molecule has 1 N–H and O–H groups in total. The van der Waals surface area contributed by atoms with E-state index < -0.39 is 5.91 Å². The molecule has 3 rings (SSSR count). The predicted molar refractivity (Wildman–Crippen MR) is 130 cm³/mol. The summed E-state index contributed by atoms with van der Waals surface area (Å²) >= 11 is 8.60. The number of carbonyl (C=O) groups is 2. The molecular weight excluding hydrogens is 535 g/mol. The van der Waals surface area contributed by atoms with Gasteiger partial charge in [0.1, 0.15) is 0 Å². The Morgan fingerprint density at radius 2 is 1.90 bits per heavy atom. The fourth-order valence-corrected chi connectivity index (χ4v) is 4.65. The van der Waals surface area contributed by atoms with Gasteiger partial charge in [-0.25, -0.2) is 0 Å². The smallest absolute Gasteiger partial charge is 0.285 e. The number of thiocarbonyl (C=S) groups is 1. The molecule has 1 aliphatic heterocycles. The Balaban J connectivity index is 1.84. The number of nitrogens with zero attached hydrogens (tertiary/aromatic N) is 1. The lowest BCUT2D eigenvalue weighted by atomic mass is 10.2. The molecule has 0 bridgehead atoms. The van der Waals surface area contributed by atoms with E-state index >= 15 is 0 Å². The largest absolute Gasteiger partial charge is 0.490 e. The number of halogens is 1. The molecule has 1 saturated heterocycles. The van der Waals surface area contributed by atoms with Crippen LogP contribution in [0.1, 0.15) is 29.8 Å². The van der Waals surface area contributed by atoms with Crippen LogP contribution >= 0.6 is 46.6 Å². The van der Waals surface area contributed by atoms with E-state index in [1.165, 1.54) is 0 Å². The molecule has 30 heavy (non-hydrogen) atoms. The third-order valence-corrected chi connectivity index (χ3v) is 6.06. The lowest BCUT2D eigenvalue weighted by molar-refractivity contribution is -0.123. The van der Waals surface area contributed by atoms with E-state index in [4.69, 9.17) is 21.7 Å².